The minimum Gasteiger partial charge on any atom is -0.459 e. The van der Waals surface area contributed by atoms with Crippen molar-refractivity contribution in [3.63, 3.8) is 0 Å². The molecule has 41 heavy (non-hydrogen) atoms. The first-order chi connectivity index (χ1) is 19.1. The lowest BCUT2D eigenvalue weighted by Crippen LogP contribution is -2.54. The van der Waals surface area contributed by atoms with Crippen molar-refractivity contribution >= 4 is 29.9 Å². The van der Waals surface area contributed by atoms with Gasteiger partial charge in [-0.25, -0.2) is 4.79 Å². The number of aliphatic imine (C=N–C) groups is 1. The Bertz CT molecular complexity index is 1440. The molecule has 1 atom stereocenters. The van der Waals surface area contributed by atoms with Crippen molar-refractivity contribution in [3.8, 4) is 6.07 Å². The average Bonchev–Trinajstić information content (AvgIpc) is 2.88. The molecule has 0 aromatic heterocycles. The van der Waals surface area contributed by atoms with E-state index in [9.17, 15) is 32.8 Å². The average molecular weight is 570 g/mol. The molecule has 0 bridgehead atoms. The van der Waals surface area contributed by atoms with Crippen LogP contribution >= 0.6 is 0 Å². The number of anilines is 1. The number of carbonyl (C=O) groups excluding carboxylic acids is 3. The molecule has 2 aromatic rings. The lowest BCUT2D eigenvalue weighted by Gasteiger charge is -2.43. The third kappa shape index (κ3) is 6.92. The van der Waals surface area contributed by atoms with Crippen LogP contribution in [0.1, 0.15) is 50.4 Å². The molecule has 0 aliphatic carbocycles. The second kappa shape index (κ2) is 11.8. The Morgan fingerprint density at radius 3 is 2.32 bits per heavy atom. The van der Waals surface area contributed by atoms with E-state index in [0.29, 0.717) is 11.1 Å². The largest absolute Gasteiger partial charge is 0.459 e. The lowest BCUT2D eigenvalue weighted by atomic mass is 9.91. The summed E-state index contributed by atoms with van der Waals surface area (Å²) in [6.45, 7) is 5.77. The smallest absolute Gasteiger partial charge is 0.416 e. The second-order valence-electron chi connectivity index (χ2n) is 10.3. The van der Waals surface area contributed by atoms with Gasteiger partial charge in [0.25, 0.3) is 5.91 Å². The topological polar surface area (TPSA) is 106 Å². The van der Waals surface area contributed by atoms with E-state index < -0.39 is 47.8 Å². The van der Waals surface area contributed by atoms with Crippen LogP contribution < -0.4 is 4.90 Å². The fraction of sp³-hybridized carbons (Fsp3) is 0.345. The van der Waals surface area contributed by atoms with Gasteiger partial charge in [-0.05, 0) is 63.6 Å². The standard InChI is InChI=1S/C29H30F3N5O4/c1-18-24(26(39)35(6)17-34-5)25(20-12-10-19(15-33)11-13-20)36(16-23(38)41-28(2,3)4)27(40)37(18)22-9-7-8-21(14-22)29(30,31)32/h7-14,17,25H,16H2,1-6H3. The molecule has 0 saturated carbocycles. The number of nitriles is 1. The highest BCUT2D eigenvalue weighted by Crippen LogP contribution is 2.41. The number of likely N-dealkylation sites (N-methyl/N-ethyl adjacent to an activating group) is 1. The molecule has 1 aliphatic heterocycles. The molecular weight excluding hydrogens is 539 g/mol. The Morgan fingerprint density at radius 2 is 1.78 bits per heavy atom. The number of esters is 1. The number of amides is 3. The summed E-state index contributed by atoms with van der Waals surface area (Å²) in [6.07, 6.45) is -3.44. The molecule has 3 rings (SSSR count). The Kier molecular flexibility index (Phi) is 8.91. The third-order valence-electron chi connectivity index (χ3n) is 6.09. The fourth-order valence-electron chi connectivity index (χ4n) is 4.43. The van der Waals surface area contributed by atoms with Crippen molar-refractivity contribution in [2.24, 2.45) is 4.99 Å². The number of ether oxygens (including phenoxy) is 1. The molecule has 12 heteroatoms. The molecule has 0 saturated heterocycles. The van der Waals surface area contributed by atoms with E-state index in [2.05, 4.69) is 4.99 Å². The van der Waals surface area contributed by atoms with Gasteiger partial charge in [-0.3, -0.25) is 19.5 Å². The van der Waals surface area contributed by atoms with Crippen LogP contribution in [0.4, 0.5) is 23.7 Å². The zero-order valence-electron chi connectivity index (χ0n) is 23.5. The van der Waals surface area contributed by atoms with E-state index in [1.807, 2.05) is 6.07 Å². The number of alkyl halides is 3. The maximum atomic E-state index is 14.1. The monoisotopic (exact) mass is 569 g/mol. The minimum atomic E-state index is -4.69. The Hall–Kier alpha value is -4.66. The lowest BCUT2D eigenvalue weighted by molar-refractivity contribution is -0.156. The highest BCUT2D eigenvalue weighted by Gasteiger charge is 2.44. The fourth-order valence-corrected chi connectivity index (χ4v) is 4.43. The van der Waals surface area contributed by atoms with E-state index in [-0.39, 0.29) is 17.0 Å². The van der Waals surface area contributed by atoms with Crippen LogP contribution in [0.15, 0.2) is 64.8 Å². The molecule has 0 radical (unpaired) electrons. The molecule has 216 valence electrons. The molecule has 0 spiro atoms. The molecule has 9 nitrogen and oxygen atoms in total. The van der Waals surface area contributed by atoms with Crippen molar-refractivity contribution in [2.75, 3.05) is 25.5 Å². The molecule has 3 amide bonds. The first-order valence-corrected chi connectivity index (χ1v) is 12.5. The SMILES string of the molecule is CN=CN(C)C(=O)C1=C(C)N(c2cccc(C(F)(F)F)c2)C(=O)N(CC(=O)OC(C)(C)C)C1c1ccc(C#N)cc1. The molecule has 1 unspecified atom stereocenters. The summed E-state index contributed by atoms with van der Waals surface area (Å²) in [5.74, 6) is -1.40. The van der Waals surface area contributed by atoms with Crippen LogP contribution in [0.5, 0.6) is 0 Å². The zero-order chi connectivity index (χ0) is 30.7. The second-order valence-corrected chi connectivity index (χ2v) is 10.3. The van der Waals surface area contributed by atoms with Crippen LogP contribution in [-0.4, -0.2) is 60.3 Å². The van der Waals surface area contributed by atoms with E-state index in [0.717, 1.165) is 28.0 Å². The van der Waals surface area contributed by atoms with E-state index in [4.69, 9.17) is 4.74 Å². The van der Waals surface area contributed by atoms with E-state index in [1.54, 1.807) is 32.9 Å². The van der Waals surface area contributed by atoms with Gasteiger partial charge in [0.2, 0.25) is 0 Å². The van der Waals surface area contributed by atoms with E-state index >= 15 is 0 Å². The molecule has 0 N–H and O–H groups in total. The highest BCUT2D eigenvalue weighted by atomic mass is 19.4. The van der Waals surface area contributed by atoms with Crippen molar-refractivity contribution in [1.82, 2.24) is 9.80 Å². The Morgan fingerprint density at radius 1 is 1.15 bits per heavy atom. The van der Waals surface area contributed by atoms with Crippen LogP contribution in [0, 0.1) is 11.3 Å². The summed E-state index contributed by atoms with van der Waals surface area (Å²) in [4.78, 5) is 48.0. The summed E-state index contributed by atoms with van der Waals surface area (Å²) >= 11 is 0. The minimum absolute atomic E-state index is 0.0117. The van der Waals surface area contributed by atoms with Gasteiger partial charge in [0.1, 0.15) is 12.1 Å². The quantitative estimate of drug-likeness (QED) is 0.267. The normalized spacial score (nSPS) is 16.2. The molecule has 2 aromatic carbocycles. The number of benzene rings is 2. The summed E-state index contributed by atoms with van der Waals surface area (Å²) in [5, 5.41) is 9.27. The first-order valence-electron chi connectivity index (χ1n) is 12.5. The number of nitrogens with zero attached hydrogens (tertiary/aromatic N) is 5. The van der Waals surface area contributed by atoms with Gasteiger partial charge in [0.05, 0.1) is 40.8 Å². The van der Waals surface area contributed by atoms with Gasteiger partial charge in [-0.2, -0.15) is 18.4 Å². The number of halogens is 3. The summed E-state index contributed by atoms with van der Waals surface area (Å²) < 4.78 is 46.2. The number of allylic oxidation sites excluding steroid dienone is 1. The number of hydrogen-bond donors (Lipinski definition) is 0. The predicted octanol–water partition coefficient (Wildman–Crippen LogP) is 5.29. The van der Waals surface area contributed by atoms with Crippen molar-refractivity contribution in [1.29, 1.82) is 5.26 Å². The highest BCUT2D eigenvalue weighted by molar-refractivity contribution is 6.08. The first kappa shape index (κ1) is 30.9. The van der Waals surface area contributed by atoms with Gasteiger partial charge >= 0.3 is 18.2 Å². The number of rotatable bonds is 6. The van der Waals surface area contributed by atoms with Gasteiger partial charge in [0, 0.05) is 19.8 Å². The van der Waals surface area contributed by atoms with Gasteiger partial charge in [-0.15, -0.1) is 0 Å². The zero-order valence-corrected chi connectivity index (χ0v) is 23.5. The molecular formula is C29H30F3N5O4. The summed E-state index contributed by atoms with van der Waals surface area (Å²) in [6, 6.07) is 10.2. The summed E-state index contributed by atoms with van der Waals surface area (Å²) in [7, 11) is 2.89. The maximum Gasteiger partial charge on any atom is 0.416 e. The van der Waals surface area contributed by atoms with Crippen LogP contribution in [0.2, 0.25) is 0 Å². The van der Waals surface area contributed by atoms with Crippen molar-refractivity contribution in [3.05, 3.63) is 76.5 Å². The van der Waals surface area contributed by atoms with Crippen molar-refractivity contribution < 1.29 is 32.3 Å². The maximum absolute atomic E-state index is 14.1. The van der Waals surface area contributed by atoms with Gasteiger partial charge in [-0.1, -0.05) is 18.2 Å². The predicted molar refractivity (Wildman–Crippen MR) is 146 cm³/mol. The number of carbonyl (C=O) groups is 3. The van der Waals surface area contributed by atoms with Crippen molar-refractivity contribution in [2.45, 2.75) is 45.5 Å². The van der Waals surface area contributed by atoms with E-state index in [1.165, 1.54) is 50.5 Å². The summed E-state index contributed by atoms with van der Waals surface area (Å²) in [5.41, 5.74) is -1.25. The molecule has 1 heterocycles. The van der Waals surface area contributed by atoms with Gasteiger partial charge in [0.15, 0.2) is 0 Å². The number of hydrogen-bond acceptors (Lipinski definition) is 6. The van der Waals surface area contributed by atoms with Gasteiger partial charge < -0.3 is 14.5 Å². The van der Waals surface area contributed by atoms with Crippen LogP contribution in [-0.2, 0) is 20.5 Å². The van der Waals surface area contributed by atoms with Crippen LogP contribution in [0.25, 0.3) is 0 Å². The molecule has 1 aliphatic rings. The van der Waals surface area contributed by atoms with Crippen LogP contribution in [0.3, 0.4) is 0 Å². The number of urea groups is 1. The molecule has 0 fully saturated rings. The third-order valence-corrected chi connectivity index (χ3v) is 6.09. The Labute approximate surface area is 236 Å². The Balaban J connectivity index is 2.32.